The monoisotopic (exact) mass is 302 g/mol. The van der Waals surface area contributed by atoms with E-state index in [9.17, 15) is 9.59 Å². The molecule has 2 aromatic carbocycles. The van der Waals surface area contributed by atoms with Gasteiger partial charge in [0, 0.05) is 39.0 Å². The predicted octanol–water partition coefficient (Wildman–Crippen LogP) is 2.96. The lowest BCUT2D eigenvalue weighted by Crippen LogP contribution is -2.26. The van der Waals surface area contributed by atoms with Crippen molar-refractivity contribution in [3.8, 4) is 11.5 Å². The van der Waals surface area contributed by atoms with Crippen LogP contribution in [-0.2, 0) is 0 Å². The Morgan fingerprint density at radius 3 is 1.41 bits per heavy atom. The molecule has 0 unspecified atom stereocenters. The Labute approximate surface area is 128 Å². The Morgan fingerprint density at radius 1 is 0.727 bits per heavy atom. The van der Waals surface area contributed by atoms with E-state index in [1.165, 1.54) is 9.80 Å². The molecule has 2 amide bonds. The zero-order chi connectivity index (χ0) is 16.3. The van der Waals surface area contributed by atoms with Crippen molar-refractivity contribution in [3.05, 3.63) is 36.4 Å². The summed E-state index contributed by atoms with van der Waals surface area (Å²) in [5, 5.41) is 1.39. The minimum atomic E-state index is -0.469. The molecule has 0 aliphatic rings. The van der Waals surface area contributed by atoms with E-state index in [2.05, 4.69) is 0 Å². The van der Waals surface area contributed by atoms with E-state index in [1.54, 1.807) is 52.5 Å². The van der Waals surface area contributed by atoms with Gasteiger partial charge in [-0.1, -0.05) is 24.3 Å². The molecule has 116 valence electrons. The lowest BCUT2D eigenvalue weighted by Gasteiger charge is -2.15. The van der Waals surface area contributed by atoms with Gasteiger partial charge in [0.15, 0.2) is 0 Å². The van der Waals surface area contributed by atoms with Gasteiger partial charge in [-0.3, -0.25) is 0 Å². The summed E-state index contributed by atoms with van der Waals surface area (Å²) in [6.07, 6.45) is -0.939. The summed E-state index contributed by atoms with van der Waals surface area (Å²) < 4.78 is 10.7. The summed E-state index contributed by atoms with van der Waals surface area (Å²) in [6, 6.07) is 10.5. The average Bonchev–Trinajstić information content (AvgIpc) is 2.49. The highest BCUT2D eigenvalue weighted by Gasteiger charge is 2.15. The first-order valence-electron chi connectivity index (χ1n) is 6.70. The van der Waals surface area contributed by atoms with Crippen LogP contribution in [-0.4, -0.2) is 50.2 Å². The molecule has 6 nitrogen and oxygen atoms in total. The van der Waals surface area contributed by atoms with Crippen LogP contribution in [0.4, 0.5) is 9.59 Å². The summed E-state index contributed by atoms with van der Waals surface area (Å²) in [6.45, 7) is 0. The van der Waals surface area contributed by atoms with Gasteiger partial charge < -0.3 is 19.3 Å². The molecule has 0 bridgehead atoms. The van der Waals surface area contributed by atoms with Crippen LogP contribution in [0, 0.1) is 0 Å². The van der Waals surface area contributed by atoms with Crippen LogP contribution in [0.5, 0.6) is 11.5 Å². The van der Waals surface area contributed by atoms with Crippen LogP contribution >= 0.6 is 0 Å². The van der Waals surface area contributed by atoms with Crippen molar-refractivity contribution in [2.24, 2.45) is 0 Å². The highest BCUT2D eigenvalue weighted by atomic mass is 16.6. The van der Waals surface area contributed by atoms with Crippen molar-refractivity contribution >= 4 is 23.0 Å². The van der Waals surface area contributed by atoms with Gasteiger partial charge in [0.1, 0.15) is 11.5 Å². The number of rotatable bonds is 2. The number of amides is 2. The van der Waals surface area contributed by atoms with E-state index in [1.807, 2.05) is 12.1 Å². The van der Waals surface area contributed by atoms with Gasteiger partial charge >= 0.3 is 12.2 Å². The topological polar surface area (TPSA) is 59.1 Å². The zero-order valence-corrected chi connectivity index (χ0v) is 13.0. The largest absolute Gasteiger partial charge is 0.414 e. The fourth-order valence-electron chi connectivity index (χ4n) is 1.79. The summed E-state index contributed by atoms with van der Waals surface area (Å²) >= 11 is 0. The Bertz CT molecular complexity index is 650. The summed E-state index contributed by atoms with van der Waals surface area (Å²) in [5.41, 5.74) is 0. The smallest absolute Gasteiger partial charge is 0.410 e. The second-order valence-corrected chi connectivity index (χ2v) is 5.13. The first-order chi connectivity index (χ1) is 10.4. The molecule has 0 heterocycles. The van der Waals surface area contributed by atoms with Crippen LogP contribution < -0.4 is 9.47 Å². The molecular formula is C16H18N2O4. The molecule has 0 aliphatic heterocycles. The van der Waals surface area contributed by atoms with E-state index in [4.69, 9.17) is 9.47 Å². The Kier molecular flexibility index (Phi) is 4.50. The Morgan fingerprint density at radius 2 is 1.09 bits per heavy atom. The molecule has 0 saturated carbocycles. The van der Waals surface area contributed by atoms with Crippen LogP contribution in [0.25, 0.3) is 10.8 Å². The van der Waals surface area contributed by atoms with Crippen molar-refractivity contribution < 1.29 is 19.1 Å². The highest BCUT2D eigenvalue weighted by molar-refractivity contribution is 5.95. The second kappa shape index (κ2) is 6.34. The number of carbonyl (C=O) groups is 2. The minimum absolute atomic E-state index is 0.416. The Hall–Kier alpha value is -2.76. The van der Waals surface area contributed by atoms with Crippen LogP contribution in [0.2, 0.25) is 0 Å². The highest BCUT2D eigenvalue weighted by Crippen LogP contribution is 2.33. The minimum Gasteiger partial charge on any atom is -0.410 e. The van der Waals surface area contributed by atoms with Gasteiger partial charge in [-0.05, 0) is 12.1 Å². The number of benzene rings is 2. The molecule has 0 N–H and O–H groups in total. The molecular weight excluding hydrogens is 284 g/mol. The molecule has 0 radical (unpaired) electrons. The van der Waals surface area contributed by atoms with Crippen molar-refractivity contribution in [2.45, 2.75) is 0 Å². The first kappa shape index (κ1) is 15.6. The average molecular weight is 302 g/mol. The van der Waals surface area contributed by atoms with Crippen molar-refractivity contribution in [1.29, 1.82) is 0 Å². The maximum Gasteiger partial charge on any atom is 0.414 e. The molecule has 2 rings (SSSR count). The van der Waals surface area contributed by atoms with Crippen LogP contribution in [0.3, 0.4) is 0 Å². The summed E-state index contributed by atoms with van der Waals surface area (Å²) in [7, 11) is 6.44. The Balaban J connectivity index is 2.43. The lowest BCUT2D eigenvalue weighted by molar-refractivity contribution is 0.170. The number of carbonyl (C=O) groups excluding carboxylic acids is 2. The van der Waals surface area contributed by atoms with E-state index < -0.39 is 12.2 Å². The second-order valence-electron chi connectivity index (χ2n) is 5.13. The van der Waals surface area contributed by atoms with Crippen molar-refractivity contribution in [1.82, 2.24) is 9.80 Å². The number of hydrogen-bond acceptors (Lipinski definition) is 4. The molecule has 0 saturated heterocycles. The van der Waals surface area contributed by atoms with E-state index in [-0.39, 0.29) is 0 Å². The molecule has 0 spiro atoms. The SMILES string of the molecule is CN(C)C(=O)Oc1ccc(OC(=O)N(C)C)c2ccccc12. The number of hydrogen-bond donors (Lipinski definition) is 0. The molecule has 0 aromatic heterocycles. The first-order valence-corrected chi connectivity index (χ1v) is 6.70. The van der Waals surface area contributed by atoms with Gasteiger partial charge in [0.25, 0.3) is 0 Å². The van der Waals surface area contributed by atoms with Gasteiger partial charge in [0.05, 0.1) is 0 Å². The van der Waals surface area contributed by atoms with Crippen LogP contribution in [0.15, 0.2) is 36.4 Å². The molecule has 0 atom stereocenters. The number of nitrogens with zero attached hydrogens (tertiary/aromatic N) is 2. The van der Waals surface area contributed by atoms with Gasteiger partial charge in [0.2, 0.25) is 0 Å². The normalized spacial score (nSPS) is 10.2. The summed E-state index contributed by atoms with van der Waals surface area (Å²) in [5.74, 6) is 0.831. The third-order valence-corrected chi connectivity index (χ3v) is 2.97. The fourth-order valence-corrected chi connectivity index (χ4v) is 1.79. The molecule has 22 heavy (non-hydrogen) atoms. The van der Waals surface area contributed by atoms with Crippen LogP contribution in [0.1, 0.15) is 0 Å². The van der Waals surface area contributed by atoms with E-state index >= 15 is 0 Å². The third kappa shape index (κ3) is 3.28. The van der Waals surface area contributed by atoms with Gasteiger partial charge in [-0.15, -0.1) is 0 Å². The quantitative estimate of drug-likeness (QED) is 0.855. The molecule has 2 aromatic rings. The maximum atomic E-state index is 11.7. The summed E-state index contributed by atoms with van der Waals surface area (Å²) in [4.78, 5) is 26.1. The lowest BCUT2D eigenvalue weighted by atomic mass is 10.1. The van der Waals surface area contributed by atoms with Gasteiger partial charge in [-0.2, -0.15) is 0 Å². The van der Waals surface area contributed by atoms with Gasteiger partial charge in [-0.25, -0.2) is 9.59 Å². The zero-order valence-electron chi connectivity index (χ0n) is 13.0. The standard InChI is InChI=1S/C16H18N2O4/c1-17(2)15(19)21-13-9-10-14(22-16(20)18(3)4)12-8-6-5-7-11(12)13/h5-10H,1-4H3. The van der Waals surface area contributed by atoms with E-state index in [0.29, 0.717) is 22.3 Å². The fraction of sp³-hybridized carbons (Fsp3) is 0.250. The molecule has 6 heteroatoms. The number of fused-ring (bicyclic) bond motifs is 1. The third-order valence-electron chi connectivity index (χ3n) is 2.97. The maximum absolute atomic E-state index is 11.7. The van der Waals surface area contributed by atoms with Crippen molar-refractivity contribution in [2.75, 3.05) is 28.2 Å². The van der Waals surface area contributed by atoms with E-state index in [0.717, 1.165) is 0 Å². The predicted molar refractivity (Wildman–Crippen MR) is 83.4 cm³/mol. The molecule has 0 fully saturated rings. The molecule has 0 aliphatic carbocycles. The number of ether oxygens (including phenoxy) is 2. The van der Waals surface area contributed by atoms with Crippen molar-refractivity contribution in [3.63, 3.8) is 0 Å².